The van der Waals surface area contributed by atoms with Gasteiger partial charge in [-0.2, -0.15) is 0 Å². The van der Waals surface area contributed by atoms with Gasteiger partial charge in [0.25, 0.3) is 0 Å². The smallest absolute Gasteiger partial charge is 0.238 e. The molecule has 2 aromatic carbocycles. The van der Waals surface area contributed by atoms with Crippen LogP contribution in [0.4, 0.5) is 10.1 Å². The highest BCUT2D eigenvalue weighted by Crippen LogP contribution is 2.57. The Bertz CT molecular complexity index is 1270. The predicted octanol–water partition coefficient (Wildman–Crippen LogP) is 4.91. The Morgan fingerprint density at radius 1 is 1.22 bits per heavy atom. The SMILES string of the molecule is CC(C)(C)C[C@@H]1N[C@@H](C(=O)NC2CC(C)(O)C2)[C@H](c2cccc(Cl)c2)[C@@]12C(=O)Nc1cc(Cl)c(F)cc12. The van der Waals surface area contributed by atoms with E-state index < -0.39 is 34.8 Å². The van der Waals surface area contributed by atoms with Crippen LogP contribution in [0.25, 0.3) is 0 Å². The molecule has 9 heteroatoms. The number of hydrogen-bond acceptors (Lipinski definition) is 4. The molecule has 0 aromatic heterocycles. The topological polar surface area (TPSA) is 90.5 Å². The highest BCUT2D eigenvalue weighted by atomic mass is 35.5. The van der Waals surface area contributed by atoms with Crippen LogP contribution in [0, 0.1) is 11.2 Å². The van der Waals surface area contributed by atoms with Crippen LogP contribution in [-0.4, -0.2) is 40.6 Å². The van der Waals surface area contributed by atoms with Crippen molar-refractivity contribution in [1.82, 2.24) is 10.6 Å². The molecule has 1 saturated carbocycles. The molecule has 4 N–H and O–H groups in total. The van der Waals surface area contributed by atoms with Gasteiger partial charge in [-0.15, -0.1) is 0 Å². The van der Waals surface area contributed by atoms with Crippen molar-refractivity contribution in [2.45, 2.75) is 82.0 Å². The molecule has 3 aliphatic rings. The van der Waals surface area contributed by atoms with Crippen molar-refractivity contribution < 1.29 is 19.1 Å². The Balaban J connectivity index is 1.68. The second kappa shape index (κ2) is 8.94. The molecule has 0 unspecified atom stereocenters. The van der Waals surface area contributed by atoms with Gasteiger partial charge >= 0.3 is 0 Å². The summed E-state index contributed by atoms with van der Waals surface area (Å²) >= 11 is 12.5. The summed E-state index contributed by atoms with van der Waals surface area (Å²) in [5.74, 6) is -1.88. The number of hydrogen-bond donors (Lipinski definition) is 4. The van der Waals surface area contributed by atoms with E-state index in [4.69, 9.17) is 23.2 Å². The van der Waals surface area contributed by atoms with Crippen molar-refractivity contribution in [2.24, 2.45) is 5.41 Å². The van der Waals surface area contributed by atoms with Gasteiger partial charge in [-0.1, -0.05) is 56.1 Å². The highest BCUT2D eigenvalue weighted by molar-refractivity contribution is 6.31. The zero-order valence-electron chi connectivity index (χ0n) is 21.3. The van der Waals surface area contributed by atoms with Crippen LogP contribution in [0.2, 0.25) is 10.0 Å². The number of amides is 2. The van der Waals surface area contributed by atoms with Gasteiger partial charge in [-0.25, -0.2) is 4.39 Å². The number of anilines is 1. The lowest BCUT2D eigenvalue weighted by Gasteiger charge is -2.42. The second-order valence-electron chi connectivity index (χ2n) is 12.2. The minimum atomic E-state index is -1.29. The van der Waals surface area contributed by atoms with Gasteiger partial charge in [0.05, 0.1) is 16.7 Å². The van der Waals surface area contributed by atoms with Gasteiger partial charge < -0.3 is 21.1 Å². The average molecular weight is 548 g/mol. The summed E-state index contributed by atoms with van der Waals surface area (Å²) in [5, 5.41) is 20.0. The molecule has 37 heavy (non-hydrogen) atoms. The van der Waals surface area contributed by atoms with E-state index in [0.717, 1.165) is 0 Å². The Morgan fingerprint density at radius 3 is 2.54 bits per heavy atom. The number of halogens is 3. The fourth-order valence-electron chi connectivity index (χ4n) is 6.53. The van der Waals surface area contributed by atoms with Crippen LogP contribution in [-0.2, 0) is 15.0 Å². The van der Waals surface area contributed by atoms with Crippen LogP contribution in [0.15, 0.2) is 36.4 Å². The maximum atomic E-state index is 14.9. The standard InChI is InChI=1S/C28H32Cl2FN3O3/c1-26(2,3)13-21-28(17-9-19(31)18(30)10-20(17)33-25(28)36)22(14-6-5-7-15(29)8-14)23(34-21)24(35)32-16-11-27(4,37)12-16/h5-10,16,21-23,34,37H,11-13H2,1-4H3,(H,32,35)(H,33,36)/t16?,21-,22-,23+,27?,28-/m0/s1. The van der Waals surface area contributed by atoms with Crippen molar-refractivity contribution in [2.75, 3.05) is 5.32 Å². The molecular weight excluding hydrogens is 516 g/mol. The van der Waals surface area contributed by atoms with E-state index in [9.17, 15) is 19.1 Å². The summed E-state index contributed by atoms with van der Waals surface area (Å²) in [6, 6.07) is 8.46. The van der Waals surface area contributed by atoms with Gasteiger partial charge in [-0.3, -0.25) is 9.59 Å². The van der Waals surface area contributed by atoms with Gasteiger partial charge in [0.1, 0.15) is 11.2 Å². The number of benzene rings is 2. The summed E-state index contributed by atoms with van der Waals surface area (Å²) < 4.78 is 14.9. The molecule has 6 nitrogen and oxygen atoms in total. The van der Waals surface area contributed by atoms with Crippen molar-refractivity contribution in [3.63, 3.8) is 0 Å². The molecule has 198 valence electrons. The molecule has 2 fully saturated rings. The first-order chi connectivity index (χ1) is 17.2. The second-order valence-corrected chi connectivity index (χ2v) is 13.1. The summed E-state index contributed by atoms with van der Waals surface area (Å²) in [5.41, 5.74) is -0.671. The highest BCUT2D eigenvalue weighted by Gasteiger charge is 2.66. The normalized spacial score (nSPS) is 32.7. The molecule has 1 saturated heterocycles. The summed E-state index contributed by atoms with van der Waals surface area (Å²) in [6.45, 7) is 7.94. The fraction of sp³-hybridized carbons (Fsp3) is 0.500. The first kappa shape index (κ1) is 26.4. The lowest BCUT2D eigenvalue weighted by Crippen LogP contribution is -2.57. The first-order valence-corrected chi connectivity index (χ1v) is 13.3. The van der Waals surface area contributed by atoms with Gasteiger partial charge in [0.2, 0.25) is 11.8 Å². The van der Waals surface area contributed by atoms with Crippen LogP contribution >= 0.6 is 23.2 Å². The predicted molar refractivity (Wildman–Crippen MR) is 142 cm³/mol. The molecule has 2 aliphatic heterocycles. The van der Waals surface area contributed by atoms with Crippen LogP contribution in [0.3, 0.4) is 0 Å². The van der Waals surface area contributed by atoms with Gasteiger partial charge in [0, 0.05) is 28.7 Å². The zero-order chi connectivity index (χ0) is 26.9. The number of nitrogens with one attached hydrogen (secondary N) is 3. The Morgan fingerprint density at radius 2 is 1.92 bits per heavy atom. The summed E-state index contributed by atoms with van der Waals surface area (Å²) in [7, 11) is 0. The van der Waals surface area contributed by atoms with Crippen LogP contribution < -0.4 is 16.0 Å². The third-order valence-corrected chi connectivity index (χ3v) is 8.43. The molecule has 1 spiro atoms. The lowest BCUT2D eigenvalue weighted by molar-refractivity contribution is -0.127. The Hall–Kier alpha value is -2.19. The first-order valence-electron chi connectivity index (χ1n) is 12.6. The van der Waals surface area contributed by atoms with Crippen molar-refractivity contribution in [1.29, 1.82) is 0 Å². The Labute approximate surface area is 226 Å². The Kier molecular flexibility index (Phi) is 6.38. The van der Waals surface area contributed by atoms with E-state index in [2.05, 4.69) is 36.7 Å². The molecule has 0 radical (unpaired) electrons. The minimum absolute atomic E-state index is 0.0833. The van der Waals surface area contributed by atoms with Crippen LogP contribution in [0.5, 0.6) is 0 Å². The average Bonchev–Trinajstić information content (AvgIpc) is 3.22. The molecule has 0 bridgehead atoms. The summed E-state index contributed by atoms with van der Waals surface area (Å²) in [6.07, 6.45) is 1.46. The molecule has 1 aliphatic carbocycles. The van der Waals surface area contributed by atoms with E-state index in [-0.39, 0.29) is 28.3 Å². The van der Waals surface area contributed by atoms with E-state index in [0.29, 0.717) is 41.1 Å². The van der Waals surface area contributed by atoms with Crippen molar-refractivity contribution in [3.8, 4) is 0 Å². The maximum Gasteiger partial charge on any atom is 0.238 e. The minimum Gasteiger partial charge on any atom is -0.390 e. The lowest BCUT2D eigenvalue weighted by atomic mass is 9.62. The third-order valence-electron chi connectivity index (χ3n) is 7.91. The third kappa shape index (κ3) is 4.54. The molecule has 5 rings (SSSR count). The fourth-order valence-corrected chi connectivity index (χ4v) is 6.89. The molecule has 2 aromatic rings. The van der Waals surface area contributed by atoms with Crippen molar-refractivity contribution >= 4 is 40.7 Å². The quantitative estimate of drug-likeness (QED) is 0.437. The molecular formula is C28H32Cl2FN3O3. The summed E-state index contributed by atoms with van der Waals surface area (Å²) in [4.78, 5) is 27.9. The largest absolute Gasteiger partial charge is 0.390 e. The van der Waals surface area contributed by atoms with E-state index in [1.807, 2.05) is 6.07 Å². The number of rotatable bonds is 4. The van der Waals surface area contributed by atoms with Crippen LogP contribution in [0.1, 0.15) is 64.0 Å². The monoisotopic (exact) mass is 547 g/mol. The number of fused-ring (bicyclic) bond motifs is 2. The number of aliphatic hydroxyl groups is 1. The van der Waals surface area contributed by atoms with Gasteiger partial charge in [0.15, 0.2) is 0 Å². The molecule has 4 atom stereocenters. The van der Waals surface area contributed by atoms with Crippen molar-refractivity contribution in [3.05, 3.63) is 63.4 Å². The number of carbonyl (C=O) groups excluding carboxylic acids is 2. The molecule has 2 heterocycles. The van der Waals surface area contributed by atoms with E-state index in [1.54, 1.807) is 25.1 Å². The maximum absolute atomic E-state index is 14.9. The number of carbonyl (C=O) groups is 2. The van der Waals surface area contributed by atoms with E-state index >= 15 is 0 Å². The zero-order valence-corrected chi connectivity index (χ0v) is 22.8. The van der Waals surface area contributed by atoms with E-state index in [1.165, 1.54) is 12.1 Å². The molecule has 2 amide bonds. The van der Waals surface area contributed by atoms with Gasteiger partial charge in [-0.05, 0) is 67.0 Å².